The summed E-state index contributed by atoms with van der Waals surface area (Å²) in [4.78, 5) is 0. The largest absolute Gasteiger partial charge is 0.370 e. The Morgan fingerprint density at radius 1 is 1.38 bits per heavy atom. The van der Waals surface area contributed by atoms with Crippen molar-refractivity contribution in [1.29, 1.82) is 0 Å². The van der Waals surface area contributed by atoms with Gasteiger partial charge < -0.3 is 4.74 Å². The van der Waals surface area contributed by atoms with Gasteiger partial charge in [0.2, 0.25) is 0 Å². The average molecular weight is 320 g/mol. The molecule has 0 aliphatic heterocycles. The topological polar surface area (TPSA) is 35.0 Å². The van der Waals surface area contributed by atoms with E-state index in [0.717, 1.165) is 10.0 Å². The monoisotopic (exact) mass is 318 g/mol. The number of aromatic nitrogens is 2. The first-order valence-electron chi connectivity index (χ1n) is 4.54. The minimum Gasteiger partial charge on any atom is -0.370 e. The fourth-order valence-electron chi connectivity index (χ4n) is 1.18. The maximum absolute atomic E-state index is 5.85. The molecule has 2 rings (SSSR count). The van der Waals surface area contributed by atoms with E-state index in [0.29, 0.717) is 23.2 Å². The smallest absolute Gasteiger partial charge is 0.139 e. The Labute approximate surface area is 111 Å². The van der Waals surface area contributed by atoms with E-state index in [9.17, 15) is 0 Å². The van der Waals surface area contributed by atoms with Gasteiger partial charge in [0.25, 0.3) is 0 Å². The van der Waals surface area contributed by atoms with Crippen LogP contribution in [-0.4, -0.2) is 9.59 Å². The molecule has 2 aromatic rings. The third kappa shape index (κ3) is 3.25. The Bertz CT molecular complexity index is 477. The van der Waals surface area contributed by atoms with Gasteiger partial charge in [-0.05, 0) is 17.7 Å². The lowest BCUT2D eigenvalue weighted by Gasteiger charge is -2.02. The quantitative estimate of drug-likeness (QED) is 0.862. The summed E-state index contributed by atoms with van der Waals surface area (Å²) in [6.07, 6.45) is 0. The highest BCUT2D eigenvalue weighted by atomic mass is 79.9. The van der Waals surface area contributed by atoms with Gasteiger partial charge in [0.05, 0.1) is 13.2 Å². The van der Waals surface area contributed by atoms with Gasteiger partial charge in [-0.3, -0.25) is 0 Å². The normalized spacial score (nSPS) is 10.6. The number of benzene rings is 1. The van der Waals surface area contributed by atoms with Crippen LogP contribution in [0.1, 0.15) is 11.3 Å². The summed E-state index contributed by atoms with van der Waals surface area (Å²) in [5, 5.41) is 3.87. The van der Waals surface area contributed by atoms with Gasteiger partial charge in [0.1, 0.15) is 10.0 Å². The molecule has 0 aliphatic rings. The molecule has 0 amide bonds. The number of nitrogens with zero attached hydrogens (tertiary/aromatic N) is 2. The average Bonchev–Trinajstić information content (AvgIpc) is 2.65. The molecule has 0 bridgehead atoms. The summed E-state index contributed by atoms with van der Waals surface area (Å²) >= 11 is 10.4. The molecular weight excluding hydrogens is 312 g/mol. The summed E-state index contributed by atoms with van der Waals surface area (Å²) in [5.74, 6) is 0. The van der Waals surface area contributed by atoms with Crippen LogP contribution >= 0.6 is 39.1 Å². The van der Waals surface area contributed by atoms with E-state index in [1.807, 2.05) is 24.3 Å². The molecule has 0 aliphatic carbocycles. The molecule has 1 heterocycles. The van der Waals surface area contributed by atoms with E-state index in [1.165, 1.54) is 11.5 Å². The van der Waals surface area contributed by atoms with Crippen LogP contribution in [0.15, 0.2) is 28.7 Å². The highest BCUT2D eigenvalue weighted by Gasteiger charge is 2.04. The van der Waals surface area contributed by atoms with Crippen molar-refractivity contribution in [3.63, 3.8) is 0 Å². The lowest BCUT2D eigenvalue weighted by Crippen LogP contribution is -1.95. The van der Waals surface area contributed by atoms with E-state index in [4.69, 9.17) is 16.3 Å². The van der Waals surface area contributed by atoms with Gasteiger partial charge in [-0.25, -0.2) is 0 Å². The van der Waals surface area contributed by atoms with Gasteiger partial charge >= 0.3 is 0 Å². The van der Waals surface area contributed by atoms with Crippen molar-refractivity contribution in [2.75, 3.05) is 0 Å². The second kappa shape index (κ2) is 5.72. The molecule has 1 aromatic carbocycles. The van der Waals surface area contributed by atoms with Crippen molar-refractivity contribution in [1.82, 2.24) is 9.59 Å². The second-order valence-corrected chi connectivity index (χ2v) is 5.39. The first-order chi connectivity index (χ1) is 7.75. The fraction of sp³-hybridized carbons (Fsp3) is 0.200. The Morgan fingerprint density at radius 3 is 2.94 bits per heavy atom. The van der Waals surface area contributed by atoms with Crippen LogP contribution < -0.4 is 0 Å². The van der Waals surface area contributed by atoms with Crippen molar-refractivity contribution in [2.24, 2.45) is 0 Å². The molecule has 1 aromatic heterocycles. The molecule has 0 radical (unpaired) electrons. The minimum atomic E-state index is 0.391. The Kier molecular flexibility index (Phi) is 4.29. The van der Waals surface area contributed by atoms with Crippen LogP contribution in [0.5, 0.6) is 0 Å². The molecule has 84 valence electrons. The molecule has 0 saturated carbocycles. The zero-order valence-electron chi connectivity index (χ0n) is 8.19. The lowest BCUT2D eigenvalue weighted by molar-refractivity contribution is 0.104. The van der Waals surface area contributed by atoms with Crippen LogP contribution in [0.25, 0.3) is 0 Å². The van der Waals surface area contributed by atoms with Gasteiger partial charge in [0.15, 0.2) is 0 Å². The van der Waals surface area contributed by atoms with E-state index in [1.54, 1.807) is 0 Å². The Balaban J connectivity index is 1.87. The molecule has 0 saturated heterocycles. The zero-order chi connectivity index (χ0) is 11.4. The number of hydrogen-bond donors (Lipinski definition) is 0. The summed E-state index contributed by atoms with van der Waals surface area (Å²) < 4.78 is 10.9. The van der Waals surface area contributed by atoms with Crippen molar-refractivity contribution >= 4 is 39.1 Å². The van der Waals surface area contributed by atoms with Crippen LogP contribution in [0.3, 0.4) is 0 Å². The summed E-state index contributed by atoms with van der Waals surface area (Å²) in [6, 6.07) is 7.97. The van der Waals surface area contributed by atoms with Crippen molar-refractivity contribution < 1.29 is 4.74 Å². The van der Waals surface area contributed by atoms with Crippen LogP contribution in [-0.2, 0) is 18.0 Å². The highest BCUT2D eigenvalue weighted by molar-refractivity contribution is 9.10. The molecule has 3 nitrogen and oxygen atoms in total. The number of hydrogen-bond acceptors (Lipinski definition) is 4. The minimum absolute atomic E-state index is 0.391. The van der Waals surface area contributed by atoms with Crippen molar-refractivity contribution in [3.05, 3.63) is 44.3 Å². The first kappa shape index (κ1) is 12.0. The molecule has 0 unspecified atom stereocenters. The fourth-order valence-corrected chi connectivity index (χ4v) is 2.22. The number of rotatable bonds is 4. The van der Waals surface area contributed by atoms with Crippen molar-refractivity contribution in [3.8, 4) is 0 Å². The van der Waals surface area contributed by atoms with Crippen LogP contribution in [0.2, 0.25) is 4.34 Å². The lowest BCUT2D eigenvalue weighted by atomic mass is 10.2. The summed E-state index contributed by atoms with van der Waals surface area (Å²) in [7, 11) is 0. The molecule has 0 N–H and O–H groups in total. The zero-order valence-corrected chi connectivity index (χ0v) is 11.3. The van der Waals surface area contributed by atoms with E-state index >= 15 is 0 Å². The molecule has 6 heteroatoms. The van der Waals surface area contributed by atoms with E-state index < -0.39 is 0 Å². The predicted octanol–water partition coefficient (Wildman–Crippen LogP) is 3.67. The molecule has 16 heavy (non-hydrogen) atoms. The van der Waals surface area contributed by atoms with Crippen LogP contribution in [0, 0.1) is 0 Å². The number of halogens is 2. The van der Waals surface area contributed by atoms with E-state index in [-0.39, 0.29) is 0 Å². The molecular formula is C10H8BrClN2OS. The van der Waals surface area contributed by atoms with Gasteiger partial charge in [-0.1, -0.05) is 44.2 Å². The van der Waals surface area contributed by atoms with Crippen molar-refractivity contribution in [2.45, 2.75) is 13.2 Å². The SMILES string of the molecule is Clc1snnc1COCc1cccc(Br)c1. The number of ether oxygens (including phenoxy) is 1. The Hall–Kier alpha value is -0.490. The highest BCUT2D eigenvalue weighted by Crippen LogP contribution is 2.18. The Morgan fingerprint density at radius 2 is 2.25 bits per heavy atom. The maximum Gasteiger partial charge on any atom is 0.139 e. The summed E-state index contributed by atoms with van der Waals surface area (Å²) in [6.45, 7) is 0.926. The standard InChI is InChI=1S/C10H8BrClN2OS/c11-8-3-1-2-7(4-8)5-15-6-9-10(12)16-14-13-9/h1-4H,5-6H2. The van der Waals surface area contributed by atoms with E-state index in [2.05, 4.69) is 25.5 Å². The first-order valence-corrected chi connectivity index (χ1v) is 6.49. The van der Waals surface area contributed by atoms with Gasteiger partial charge in [0, 0.05) is 16.0 Å². The molecule has 0 atom stereocenters. The predicted molar refractivity (Wildman–Crippen MR) is 67.6 cm³/mol. The molecule has 0 spiro atoms. The molecule has 0 fully saturated rings. The van der Waals surface area contributed by atoms with Gasteiger partial charge in [-0.2, -0.15) is 0 Å². The second-order valence-electron chi connectivity index (χ2n) is 3.12. The van der Waals surface area contributed by atoms with Gasteiger partial charge in [-0.15, -0.1) is 5.10 Å². The third-order valence-corrected chi connectivity index (χ3v) is 3.38. The third-order valence-electron chi connectivity index (χ3n) is 1.91. The maximum atomic E-state index is 5.85. The summed E-state index contributed by atoms with van der Waals surface area (Å²) in [5.41, 5.74) is 1.80. The van der Waals surface area contributed by atoms with Crippen LogP contribution in [0.4, 0.5) is 0 Å².